The number of rotatable bonds is 8. The van der Waals surface area contributed by atoms with Gasteiger partial charge in [0.25, 0.3) is 0 Å². The lowest BCUT2D eigenvalue weighted by Crippen LogP contribution is -2.40. The molecule has 0 atom stereocenters. The minimum atomic E-state index is -0.698. The van der Waals surface area contributed by atoms with Crippen LogP contribution < -0.4 is 5.32 Å². The maximum absolute atomic E-state index is 12.5. The molecule has 0 aliphatic heterocycles. The second-order valence-corrected chi connectivity index (χ2v) is 6.19. The number of aliphatic hydroxyl groups is 1. The third kappa shape index (κ3) is 6.01. The van der Waals surface area contributed by atoms with E-state index in [9.17, 15) is 14.7 Å². The van der Waals surface area contributed by atoms with Crippen LogP contribution in [-0.2, 0) is 22.6 Å². The van der Waals surface area contributed by atoms with Crippen molar-refractivity contribution in [2.24, 2.45) is 0 Å². The van der Waals surface area contributed by atoms with E-state index in [4.69, 9.17) is 0 Å². The number of aliphatic hydroxyl groups excluding tert-OH is 1. The van der Waals surface area contributed by atoms with Crippen molar-refractivity contribution in [3.63, 3.8) is 0 Å². The summed E-state index contributed by atoms with van der Waals surface area (Å²) in [6, 6.07) is 16.9. The van der Waals surface area contributed by atoms with Crippen molar-refractivity contribution in [1.82, 2.24) is 4.90 Å². The first kappa shape index (κ1) is 19.7. The van der Waals surface area contributed by atoms with Crippen LogP contribution in [0.15, 0.2) is 54.6 Å². The molecule has 0 bridgehead atoms. The Kier molecular flexibility index (Phi) is 7.83. The largest absolute Gasteiger partial charge is 0.395 e. The van der Waals surface area contributed by atoms with Gasteiger partial charge in [-0.2, -0.15) is 0 Å². The molecule has 0 aliphatic rings. The molecule has 2 aromatic carbocycles. The number of unbranched alkanes of at least 4 members (excludes halogenated alkanes) is 1. The lowest BCUT2D eigenvalue weighted by Gasteiger charge is -2.21. The fourth-order valence-electron chi connectivity index (χ4n) is 2.64. The number of aryl methyl sites for hydroxylation is 1. The summed E-state index contributed by atoms with van der Waals surface area (Å²) in [7, 11) is 0. The molecule has 138 valence electrons. The standard InChI is InChI=1S/C21H26N2O3/c1-2-3-7-17-10-12-19(13-11-17)22-20(25)21(26)23(14-15-24)16-18-8-5-4-6-9-18/h4-6,8-13,24H,2-3,7,14-16H2,1H3,(H,22,25). The lowest BCUT2D eigenvalue weighted by molar-refractivity contribution is -0.143. The van der Waals surface area contributed by atoms with E-state index in [1.807, 2.05) is 54.6 Å². The Morgan fingerprint density at radius 3 is 2.31 bits per heavy atom. The van der Waals surface area contributed by atoms with Crippen molar-refractivity contribution in [2.75, 3.05) is 18.5 Å². The van der Waals surface area contributed by atoms with Crippen molar-refractivity contribution < 1.29 is 14.7 Å². The number of amides is 2. The van der Waals surface area contributed by atoms with Gasteiger partial charge in [-0.3, -0.25) is 9.59 Å². The number of carbonyl (C=O) groups is 2. The molecule has 0 radical (unpaired) electrons. The van der Waals surface area contributed by atoms with Crippen LogP contribution in [0.3, 0.4) is 0 Å². The highest BCUT2D eigenvalue weighted by molar-refractivity contribution is 6.39. The van der Waals surface area contributed by atoms with Crippen LogP contribution in [0, 0.1) is 0 Å². The number of nitrogens with zero attached hydrogens (tertiary/aromatic N) is 1. The topological polar surface area (TPSA) is 69.6 Å². The molecule has 5 nitrogen and oxygen atoms in total. The average molecular weight is 354 g/mol. The molecule has 0 heterocycles. The van der Waals surface area contributed by atoms with Gasteiger partial charge in [-0.1, -0.05) is 55.8 Å². The third-order valence-corrected chi connectivity index (χ3v) is 4.10. The molecule has 0 aromatic heterocycles. The highest BCUT2D eigenvalue weighted by Gasteiger charge is 2.21. The molecule has 0 saturated heterocycles. The fraction of sp³-hybridized carbons (Fsp3) is 0.333. The Balaban J connectivity index is 1.98. The van der Waals surface area contributed by atoms with Crippen LogP contribution in [-0.4, -0.2) is 35.0 Å². The van der Waals surface area contributed by atoms with Crippen molar-refractivity contribution in [3.05, 3.63) is 65.7 Å². The quantitative estimate of drug-likeness (QED) is 0.716. The zero-order chi connectivity index (χ0) is 18.8. The first-order chi connectivity index (χ1) is 12.6. The van der Waals surface area contributed by atoms with Gasteiger partial charge in [0.2, 0.25) is 0 Å². The Bertz CT molecular complexity index is 699. The molecule has 0 fully saturated rings. The molecular weight excluding hydrogens is 328 g/mol. The van der Waals surface area contributed by atoms with E-state index < -0.39 is 11.8 Å². The summed E-state index contributed by atoms with van der Waals surface area (Å²) in [4.78, 5) is 26.1. The van der Waals surface area contributed by atoms with Crippen LogP contribution in [0.5, 0.6) is 0 Å². The number of hydrogen-bond acceptors (Lipinski definition) is 3. The zero-order valence-electron chi connectivity index (χ0n) is 15.1. The molecule has 26 heavy (non-hydrogen) atoms. The van der Waals surface area contributed by atoms with E-state index in [1.165, 1.54) is 10.5 Å². The normalized spacial score (nSPS) is 10.4. The Morgan fingerprint density at radius 2 is 1.69 bits per heavy atom. The number of nitrogens with one attached hydrogen (secondary N) is 1. The molecular formula is C21H26N2O3. The van der Waals surface area contributed by atoms with Gasteiger partial charge in [0.1, 0.15) is 0 Å². The SMILES string of the molecule is CCCCc1ccc(NC(=O)C(=O)N(CCO)Cc2ccccc2)cc1. The third-order valence-electron chi connectivity index (χ3n) is 4.10. The second kappa shape index (κ2) is 10.4. The van der Waals surface area contributed by atoms with Gasteiger partial charge in [-0.15, -0.1) is 0 Å². The summed E-state index contributed by atoms with van der Waals surface area (Å²) in [5.74, 6) is -1.35. The predicted molar refractivity (Wildman–Crippen MR) is 103 cm³/mol. The summed E-state index contributed by atoms with van der Waals surface area (Å²) >= 11 is 0. The number of benzene rings is 2. The van der Waals surface area contributed by atoms with E-state index in [0.717, 1.165) is 24.8 Å². The summed E-state index contributed by atoms with van der Waals surface area (Å²) in [5.41, 5.74) is 2.71. The molecule has 0 saturated carbocycles. The van der Waals surface area contributed by atoms with Gasteiger partial charge in [0.15, 0.2) is 0 Å². The summed E-state index contributed by atoms with van der Waals surface area (Å²) < 4.78 is 0. The Morgan fingerprint density at radius 1 is 1.00 bits per heavy atom. The first-order valence-electron chi connectivity index (χ1n) is 8.98. The van der Waals surface area contributed by atoms with Crippen LogP contribution in [0.25, 0.3) is 0 Å². The van der Waals surface area contributed by atoms with Crippen molar-refractivity contribution >= 4 is 17.5 Å². The van der Waals surface area contributed by atoms with Crippen LogP contribution in [0.1, 0.15) is 30.9 Å². The number of carbonyl (C=O) groups excluding carboxylic acids is 2. The van der Waals surface area contributed by atoms with Gasteiger partial charge >= 0.3 is 11.8 Å². The maximum atomic E-state index is 12.5. The van der Waals surface area contributed by atoms with Gasteiger partial charge in [0.05, 0.1) is 6.61 Å². The van der Waals surface area contributed by atoms with E-state index in [2.05, 4.69) is 12.2 Å². The molecule has 0 spiro atoms. The number of anilines is 1. The molecule has 0 unspecified atom stereocenters. The van der Waals surface area contributed by atoms with E-state index >= 15 is 0 Å². The minimum Gasteiger partial charge on any atom is -0.395 e. The molecule has 2 aromatic rings. The van der Waals surface area contributed by atoms with Crippen LogP contribution in [0.2, 0.25) is 0 Å². The molecule has 0 aliphatic carbocycles. The summed E-state index contributed by atoms with van der Waals surface area (Å²) in [5, 5.41) is 11.8. The van der Waals surface area contributed by atoms with E-state index in [-0.39, 0.29) is 19.7 Å². The maximum Gasteiger partial charge on any atom is 0.313 e. The first-order valence-corrected chi connectivity index (χ1v) is 8.98. The Hall–Kier alpha value is -2.66. The number of hydrogen-bond donors (Lipinski definition) is 2. The van der Waals surface area contributed by atoms with Gasteiger partial charge < -0.3 is 15.3 Å². The van der Waals surface area contributed by atoms with Gasteiger partial charge in [-0.25, -0.2) is 0 Å². The highest BCUT2D eigenvalue weighted by Crippen LogP contribution is 2.12. The summed E-state index contributed by atoms with van der Waals surface area (Å²) in [6.07, 6.45) is 3.26. The van der Waals surface area contributed by atoms with Gasteiger partial charge in [0, 0.05) is 18.8 Å². The fourth-order valence-corrected chi connectivity index (χ4v) is 2.64. The van der Waals surface area contributed by atoms with E-state index in [1.54, 1.807) is 0 Å². The van der Waals surface area contributed by atoms with E-state index in [0.29, 0.717) is 5.69 Å². The Labute approximate surface area is 154 Å². The highest BCUT2D eigenvalue weighted by atomic mass is 16.3. The van der Waals surface area contributed by atoms with Gasteiger partial charge in [-0.05, 0) is 36.1 Å². The van der Waals surface area contributed by atoms with Crippen molar-refractivity contribution in [3.8, 4) is 0 Å². The lowest BCUT2D eigenvalue weighted by atomic mass is 10.1. The summed E-state index contributed by atoms with van der Waals surface area (Å²) in [6.45, 7) is 2.34. The van der Waals surface area contributed by atoms with Crippen molar-refractivity contribution in [2.45, 2.75) is 32.7 Å². The molecule has 2 rings (SSSR count). The second-order valence-electron chi connectivity index (χ2n) is 6.19. The molecule has 5 heteroatoms. The smallest absolute Gasteiger partial charge is 0.313 e. The minimum absolute atomic E-state index is 0.108. The molecule has 2 N–H and O–H groups in total. The predicted octanol–water partition coefficient (Wildman–Crippen LogP) is 2.99. The van der Waals surface area contributed by atoms with Crippen LogP contribution >= 0.6 is 0 Å². The van der Waals surface area contributed by atoms with Crippen LogP contribution in [0.4, 0.5) is 5.69 Å². The molecule has 2 amide bonds. The monoisotopic (exact) mass is 354 g/mol. The van der Waals surface area contributed by atoms with Crippen molar-refractivity contribution in [1.29, 1.82) is 0 Å². The zero-order valence-corrected chi connectivity index (χ0v) is 15.1. The average Bonchev–Trinajstić information content (AvgIpc) is 2.67.